The van der Waals surface area contributed by atoms with Crippen LogP contribution >= 0.6 is 46.6 Å². The monoisotopic (exact) mass is 226 g/mol. The highest BCUT2D eigenvalue weighted by Crippen LogP contribution is 2.29. The first kappa shape index (κ1) is 9.53. The van der Waals surface area contributed by atoms with Crippen LogP contribution in [0, 0.1) is 0 Å². The number of halogens is 3. The number of thioether (sulfide) groups is 1. The summed E-state index contributed by atoms with van der Waals surface area (Å²) in [7, 11) is 0. The highest BCUT2D eigenvalue weighted by molar-refractivity contribution is 8.00. The molecule has 1 rings (SSSR count). The second-order valence-corrected chi connectivity index (χ2v) is 4.27. The second-order valence-electron chi connectivity index (χ2n) is 1.83. The molecule has 0 aliphatic rings. The average molecular weight is 228 g/mol. The van der Waals surface area contributed by atoms with Crippen LogP contribution in [-0.2, 0) is 0 Å². The lowest BCUT2D eigenvalue weighted by Gasteiger charge is -2.00. The van der Waals surface area contributed by atoms with Gasteiger partial charge in [0.2, 0.25) is 0 Å². The van der Waals surface area contributed by atoms with Gasteiger partial charge in [0, 0.05) is 9.92 Å². The third-order valence-electron chi connectivity index (χ3n) is 1.10. The SMILES string of the molecule is ClCSc1ccc(Cl)cc1Cl. The fourth-order valence-electron chi connectivity index (χ4n) is 0.651. The summed E-state index contributed by atoms with van der Waals surface area (Å²) in [6.07, 6.45) is 0. The Morgan fingerprint density at radius 3 is 2.55 bits per heavy atom. The van der Waals surface area contributed by atoms with Gasteiger partial charge in [0.05, 0.1) is 10.2 Å². The van der Waals surface area contributed by atoms with Gasteiger partial charge in [-0.1, -0.05) is 23.2 Å². The van der Waals surface area contributed by atoms with E-state index < -0.39 is 0 Å². The second kappa shape index (κ2) is 4.46. The zero-order chi connectivity index (χ0) is 8.27. The van der Waals surface area contributed by atoms with Gasteiger partial charge in [-0.25, -0.2) is 0 Å². The minimum atomic E-state index is 0.501. The lowest BCUT2D eigenvalue weighted by Crippen LogP contribution is -1.73. The van der Waals surface area contributed by atoms with Crippen LogP contribution in [0.5, 0.6) is 0 Å². The summed E-state index contributed by atoms with van der Waals surface area (Å²) in [5.41, 5.74) is 0. The quantitative estimate of drug-likeness (QED) is 0.537. The van der Waals surface area contributed by atoms with Crippen molar-refractivity contribution in [3.8, 4) is 0 Å². The summed E-state index contributed by atoms with van der Waals surface area (Å²) < 4.78 is 0. The van der Waals surface area contributed by atoms with E-state index in [-0.39, 0.29) is 0 Å². The number of hydrogen-bond acceptors (Lipinski definition) is 1. The third-order valence-corrected chi connectivity index (χ3v) is 2.87. The van der Waals surface area contributed by atoms with Crippen LogP contribution in [0.1, 0.15) is 0 Å². The van der Waals surface area contributed by atoms with E-state index in [0.717, 1.165) is 4.90 Å². The molecule has 0 N–H and O–H groups in total. The topological polar surface area (TPSA) is 0 Å². The molecule has 1 aromatic carbocycles. The molecule has 0 saturated carbocycles. The zero-order valence-electron chi connectivity index (χ0n) is 5.48. The Bertz CT molecular complexity index is 249. The molecule has 60 valence electrons. The molecule has 0 atom stereocenters. The van der Waals surface area contributed by atoms with Crippen LogP contribution in [0.25, 0.3) is 0 Å². The lowest BCUT2D eigenvalue weighted by atomic mass is 10.4. The molecule has 0 fully saturated rings. The minimum Gasteiger partial charge on any atom is -0.114 e. The number of benzene rings is 1. The Morgan fingerprint density at radius 2 is 2.00 bits per heavy atom. The van der Waals surface area contributed by atoms with E-state index in [1.165, 1.54) is 11.8 Å². The largest absolute Gasteiger partial charge is 0.114 e. The van der Waals surface area contributed by atoms with Crippen molar-refractivity contribution in [3.63, 3.8) is 0 Å². The van der Waals surface area contributed by atoms with Crippen LogP contribution in [0.2, 0.25) is 10.0 Å². The Labute approximate surface area is 84.8 Å². The Hall–Kier alpha value is 0.440. The van der Waals surface area contributed by atoms with Gasteiger partial charge in [-0.2, -0.15) is 0 Å². The van der Waals surface area contributed by atoms with Crippen molar-refractivity contribution < 1.29 is 0 Å². The lowest BCUT2D eigenvalue weighted by molar-refractivity contribution is 1.46. The van der Waals surface area contributed by atoms with Gasteiger partial charge in [-0.05, 0) is 18.2 Å². The molecule has 0 amide bonds. The van der Waals surface area contributed by atoms with Crippen molar-refractivity contribution >= 4 is 46.6 Å². The number of hydrogen-bond donors (Lipinski definition) is 0. The predicted molar refractivity (Wildman–Crippen MR) is 53.0 cm³/mol. The predicted octanol–water partition coefficient (Wildman–Crippen LogP) is 4.28. The molecule has 11 heavy (non-hydrogen) atoms. The van der Waals surface area contributed by atoms with Crippen LogP contribution in [0.4, 0.5) is 0 Å². The maximum absolute atomic E-state index is 5.84. The molecule has 0 heterocycles. The summed E-state index contributed by atoms with van der Waals surface area (Å²) >= 11 is 18.5. The molecule has 0 bridgehead atoms. The molecule has 0 unspecified atom stereocenters. The Kier molecular flexibility index (Phi) is 3.86. The van der Waals surface area contributed by atoms with E-state index >= 15 is 0 Å². The highest BCUT2D eigenvalue weighted by Gasteiger charge is 1.99. The molecule has 1 aromatic rings. The molecule has 0 radical (unpaired) electrons. The van der Waals surface area contributed by atoms with Gasteiger partial charge in [-0.3, -0.25) is 0 Å². The smallest absolute Gasteiger partial charge is 0.0728 e. The first-order chi connectivity index (χ1) is 5.24. The molecule has 0 aliphatic heterocycles. The van der Waals surface area contributed by atoms with Gasteiger partial charge in [-0.15, -0.1) is 23.4 Å². The van der Waals surface area contributed by atoms with Crippen molar-refractivity contribution in [1.29, 1.82) is 0 Å². The molecular formula is C7H5Cl3S. The first-order valence-electron chi connectivity index (χ1n) is 2.88. The van der Waals surface area contributed by atoms with Crippen molar-refractivity contribution in [2.75, 3.05) is 5.21 Å². The summed E-state index contributed by atoms with van der Waals surface area (Å²) in [4.78, 5) is 0.964. The zero-order valence-corrected chi connectivity index (χ0v) is 8.57. The Morgan fingerprint density at radius 1 is 1.27 bits per heavy atom. The van der Waals surface area contributed by atoms with Crippen LogP contribution in [0.3, 0.4) is 0 Å². The molecule has 0 saturated heterocycles. The molecule has 0 spiro atoms. The van der Waals surface area contributed by atoms with Gasteiger partial charge in [0.1, 0.15) is 0 Å². The van der Waals surface area contributed by atoms with E-state index in [1.54, 1.807) is 12.1 Å². The molecular weight excluding hydrogens is 223 g/mol. The highest BCUT2D eigenvalue weighted by atomic mass is 35.5. The maximum atomic E-state index is 5.84. The third kappa shape index (κ3) is 2.75. The summed E-state index contributed by atoms with van der Waals surface area (Å²) in [6, 6.07) is 5.36. The van der Waals surface area contributed by atoms with Gasteiger partial charge in [0.25, 0.3) is 0 Å². The number of alkyl halides is 1. The maximum Gasteiger partial charge on any atom is 0.0728 e. The Balaban J connectivity index is 2.90. The van der Waals surface area contributed by atoms with E-state index in [2.05, 4.69) is 0 Å². The first-order valence-corrected chi connectivity index (χ1v) is 5.15. The molecule has 4 heteroatoms. The van der Waals surface area contributed by atoms with E-state index in [1.807, 2.05) is 6.07 Å². The molecule has 0 aromatic heterocycles. The van der Waals surface area contributed by atoms with Gasteiger partial charge >= 0.3 is 0 Å². The van der Waals surface area contributed by atoms with E-state index in [9.17, 15) is 0 Å². The van der Waals surface area contributed by atoms with Crippen LogP contribution < -0.4 is 0 Å². The standard InChI is InChI=1S/C7H5Cl3S/c8-4-11-7-2-1-5(9)3-6(7)10/h1-3H,4H2. The van der Waals surface area contributed by atoms with Crippen molar-refractivity contribution in [2.24, 2.45) is 0 Å². The average Bonchev–Trinajstić information content (AvgIpc) is 1.95. The normalized spacial score (nSPS) is 10.1. The van der Waals surface area contributed by atoms with Crippen molar-refractivity contribution in [2.45, 2.75) is 4.90 Å². The van der Waals surface area contributed by atoms with Crippen LogP contribution in [0.15, 0.2) is 23.1 Å². The number of rotatable bonds is 2. The van der Waals surface area contributed by atoms with E-state index in [0.29, 0.717) is 15.3 Å². The summed E-state index contributed by atoms with van der Waals surface area (Å²) in [6.45, 7) is 0. The fourth-order valence-corrected chi connectivity index (χ4v) is 2.05. The molecule has 0 aliphatic carbocycles. The molecule has 0 nitrogen and oxygen atoms in total. The van der Waals surface area contributed by atoms with Gasteiger partial charge < -0.3 is 0 Å². The minimum absolute atomic E-state index is 0.501. The fraction of sp³-hybridized carbons (Fsp3) is 0.143. The van der Waals surface area contributed by atoms with Crippen molar-refractivity contribution in [1.82, 2.24) is 0 Å². The van der Waals surface area contributed by atoms with Crippen LogP contribution in [-0.4, -0.2) is 5.21 Å². The van der Waals surface area contributed by atoms with E-state index in [4.69, 9.17) is 34.8 Å². The summed E-state index contributed by atoms with van der Waals surface area (Å²) in [5, 5.41) is 1.80. The van der Waals surface area contributed by atoms with Crippen molar-refractivity contribution in [3.05, 3.63) is 28.2 Å². The van der Waals surface area contributed by atoms with Gasteiger partial charge in [0.15, 0.2) is 0 Å². The summed E-state index contributed by atoms with van der Waals surface area (Å²) in [5.74, 6) is 0.